The van der Waals surface area contributed by atoms with Crippen molar-refractivity contribution in [3.8, 4) is 11.5 Å². The molecule has 3 heterocycles. The number of sulfonamides is 1. The van der Waals surface area contributed by atoms with Crippen LogP contribution in [0, 0.1) is 0 Å². The van der Waals surface area contributed by atoms with E-state index >= 15 is 0 Å². The van der Waals surface area contributed by atoms with Crippen LogP contribution in [0.3, 0.4) is 0 Å². The van der Waals surface area contributed by atoms with E-state index in [1.165, 1.54) is 14.2 Å². The molecule has 2 fully saturated rings. The minimum Gasteiger partial charge on any atom is -0.493 e. The molecule has 0 amide bonds. The molecule has 2 atom stereocenters. The Bertz CT molecular complexity index is 868. The van der Waals surface area contributed by atoms with Crippen molar-refractivity contribution in [2.45, 2.75) is 48.7 Å². The molecule has 0 radical (unpaired) electrons. The van der Waals surface area contributed by atoms with E-state index in [9.17, 15) is 8.42 Å². The van der Waals surface area contributed by atoms with Gasteiger partial charge in [0.25, 0.3) is 0 Å². The van der Waals surface area contributed by atoms with Crippen LogP contribution < -0.4 is 9.47 Å². The van der Waals surface area contributed by atoms with Crippen LogP contribution in [0.15, 0.2) is 41.6 Å². The third-order valence-electron chi connectivity index (χ3n) is 5.47. The third-order valence-corrected chi connectivity index (χ3v) is 7.47. The fraction of sp³-hybridized carbons (Fsp3) is 0.500. The molecule has 2 aliphatic heterocycles. The van der Waals surface area contributed by atoms with Gasteiger partial charge in [-0.25, -0.2) is 8.42 Å². The minimum absolute atomic E-state index is 0.0149. The number of rotatable bonds is 5. The zero-order valence-electron chi connectivity index (χ0n) is 14.9. The number of hydrogen-bond donors (Lipinski definition) is 0. The summed E-state index contributed by atoms with van der Waals surface area (Å²) < 4.78 is 40.8. The van der Waals surface area contributed by atoms with Crippen LogP contribution in [0.2, 0.25) is 0 Å². The summed E-state index contributed by atoms with van der Waals surface area (Å²) in [5, 5.41) is 4.34. The summed E-state index contributed by atoms with van der Waals surface area (Å²) in [5.41, 5.74) is 0. The van der Waals surface area contributed by atoms with E-state index in [0.717, 1.165) is 25.7 Å². The summed E-state index contributed by atoms with van der Waals surface area (Å²) in [6, 6.07) is 6.99. The Morgan fingerprint density at radius 1 is 1.04 bits per heavy atom. The van der Waals surface area contributed by atoms with E-state index in [1.807, 2.05) is 16.9 Å². The molecular formula is C18H23N3O4S. The quantitative estimate of drug-likeness (QED) is 0.800. The normalized spacial score (nSPS) is 26.0. The van der Waals surface area contributed by atoms with Gasteiger partial charge in [0.1, 0.15) is 0 Å². The molecule has 1 aromatic heterocycles. The van der Waals surface area contributed by atoms with Gasteiger partial charge in [0.2, 0.25) is 10.0 Å². The van der Waals surface area contributed by atoms with Gasteiger partial charge in [0.15, 0.2) is 11.5 Å². The molecule has 0 spiro atoms. The van der Waals surface area contributed by atoms with E-state index in [-0.39, 0.29) is 23.0 Å². The predicted octanol–water partition coefficient (Wildman–Crippen LogP) is 2.46. The van der Waals surface area contributed by atoms with Gasteiger partial charge in [-0.05, 0) is 43.9 Å². The molecule has 140 valence electrons. The summed E-state index contributed by atoms with van der Waals surface area (Å²) >= 11 is 0. The molecule has 0 aliphatic carbocycles. The molecule has 2 aromatic rings. The highest BCUT2D eigenvalue weighted by Crippen LogP contribution is 2.44. The smallest absolute Gasteiger partial charge is 0.243 e. The maximum absolute atomic E-state index is 13.3. The van der Waals surface area contributed by atoms with Crippen molar-refractivity contribution in [3.05, 3.63) is 36.7 Å². The fourth-order valence-electron chi connectivity index (χ4n) is 4.31. The predicted molar refractivity (Wildman–Crippen MR) is 95.9 cm³/mol. The lowest BCUT2D eigenvalue weighted by molar-refractivity contribution is 0.184. The van der Waals surface area contributed by atoms with E-state index in [1.54, 1.807) is 28.7 Å². The number of ether oxygens (including phenoxy) is 2. The van der Waals surface area contributed by atoms with Crippen LogP contribution in [0.25, 0.3) is 0 Å². The maximum Gasteiger partial charge on any atom is 0.243 e. The molecule has 26 heavy (non-hydrogen) atoms. The Labute approximate surface area is 153 Å². The molecule has 7 nitrogen and oxygen atoms in total. The monoisotopic (exact) mass is 377 g/mol. The fourth-order valence-corrected chi connectivity index (χ4v) is 6.22. The highest BCUT2D eigenvalue weighted by Gasteiger charge is 2.47. The first-order valence-corrected chi connectivity index (χ1v) is 10.2. The highest BCUT2D eigenvalue weighted by atomic mass is 32.2. The number of aromatic nitrogens is 2. The van der Waals surface area contributed by atoms with Gasteiger partial charge in [-0.1, -0.05) is 0 Å². The number of benzene rings is 1. The molecule has 4 rings (SSSR count). The van der Waals surface area contributed by atoms with Crippen LogP contribution >= 0.6 is 0 Å². The molecule has 8 heteroatoms. The Kier molecular flexibility index (Phi) is 4.40. The van der Waals surface area contributed by atoms with Crippen molar-refractivity contribution < 1.29 is 17.9 Å². The molecule has 2 unspecified atom stereocenters. The molecule has 2 aliphatic rings. The van der Waals surface area contributed by atoms with Crippen molar-refractivity contribution in [2.75, 3.05) is 14.2 Å². The van der Waals surface area contributed by atoms with Crippen LogP contribution in [0.4, 0.5) is 0 Å². The van der Waals surface area contributed by atoms with Crippen molar-refractivity contribution >= 4 is 10.0 Å². The molecule has 2 saturated heterocycles. The Morgan fingerprint density at radius 2 is 1.73 bits per heavy atom. The maximum atomic E-state index is 13.3. The van der Waals surface area contributed by atoms with Gasteiger partial charge in [-0.2, -0.15) is 9.40 Å². The third kappa shape index (κ3) is 2.77. The van der Waals surface area contributed by atoms with Gasteiger partial charge < -0.3 is 9.47 Å². The first kappa shape index (κ1) is 17.4. The minimum atomic E-state index is -3.58. The second kappa shape index (κ2) is 6.59. The second-order valence-electron chi connectivity index (χ2n) is 6.85. The van der Waals surface area contributed by atoms with Crippen LogP contribution in [0.5, 0.6) is 11.5 Å². The van der Waals surface area contributed by atoms with E-state index < -0.39 is 10.0 Å². The number of fused-ring (bicyclic) bond motifs is 2. The second-order valence-corrected chi connectivity index (χ2v) is 8.69. The summed E-state index contributed by atoms with van der Waals surface area (Å²) in [5.74, 6) is 0.944. The Hall–Kier alpha value is -2.06. The molecule has 0 saturated carbocycles. The van der Waals surface area contributed by atoms with Gasteiger partial charge in [-0.3, -0.25) is 4.68 Å². The molecule has 1 aromatic carbocycles. The van der Waals surface area contributed by atoms with Crippen molar-refractivity contribution in [1.29, 1.82) is 0 Å². The summed E-state index contributed by atoms with van der Waals surface area (Å²) in [6.07, 6.45) is 7.12. The van der Waals surface area contributed by atoms with Gasteiger partial charge in [-0.15, -0.1) is 0 Å². The molecular weight excluding hydrogens is 354 g/mol. The van der Waals surface area contributed by atoms with Crippen molar-refractivity contribution in [1.82, 2.24) is 14.1 Å². The first-order chi connectivity index (χ1) is 12.5. The number of methoxy groups -OCH3 is 2. The number of hydrogen-bond acceptors (Lipinski definition) is 5. The Morgan fingerprint density at radius 3 is 2.31 bits per heavy atom. The highest BCUT2D eigenvalue weighted by molar-refractivity contribution is 7.89. The average molecular weight is 377 g/mol. The summed E-state index contributed by atoms with van der Waals surface area (Å²) in [7, 11) is -0.538. The summed E-state index contributed by atoms with van der Waals surface area (Å²) in [6.45, 7) is 0. The van der Waals surface area contributed by atoms with Crippen molar-refractivity contribution in [2.24, 2.45) is 0 Å². The first-order valence-electron chi connectivity index (χ1n) is 8.79. The Balaban J connectivity index is 1.63. The average Bonchev–Trinajstić information content (AvgIpc) is 3.28. The van der Waals surface area contributed by atoms with Gasteiger partial charge >= 0.3 is 0 Å². The standard InChI is InChI=1S/C18H23N3O4S/c1-24-17-7-6-16(12-18(17)25-2)26(22,23)21-13-4-5-14(21)11-15(10-13)20-9-3-8-19-20/h3,6-9,12-15H,4-5,10-11H2,1-2H3. The van der Waals surface area contributed by atoms with Gasteiger partial charge in [0.05, 0.1) is 25.2 Å². The van der Waals surface area contributed by atoms with E-state index in [4.69, 9.17) is 9.47 Å². The zero-order valence-corrected chi connectivity index (χ0v) is 15.7. The summed E-state index contributed by atoms with van der Waals surface area (Å²) in [4.78, 5) is 0.254. The number of nitrogens with zero attached hydrogens (tertiary/aromatic N) is 3. The SMILES string of the molecule is COc1ccc(S(=O)(=O)N2C3CCC2CC(n2cccn2)C3)cc1OC. The van der Waals surface area contributed by atoms with Crippen LogP contribution in [-0.4, -0.2) is 48.8 Å². The van der Waals surface area contributed by atoms with Crippen LogP contribution in [0.1, 0.15) is 31.7 Å². The lowest BCUT2D eigenvalue weighted by Gasteiger charge is -2.38. The van der Waals surface area contributed by atoms with Gasteiger partial charge in [0, 0.05) is 30.5 Å². The number of piperidine rings is 1. The lowest BCUT2D eigenvalue weighted by Crippen LogP contribution is -2.46. The topological polar surface area (TPSA) is 73.7 Å². The molecule has 0 N–H and O–H groups in total. The molecule has 2 bridgehead atoms. The lowest BCUT2D eigenvalue weighted by atomic mass is 10.00. The zero-order chi connectivity index (χ0) is 18.3. The van der Waals surface area contributed by atoms with Crippen LogP contribution in [-0.2, 0) is 10.0 Å². The largest absolute Gasteiger partial charge is 0.493 e. The van der Waals surface area contributed by atoms with E-state index in [2.05, 4.69) is 5.10 Å². The van der Waals surface area contributed by atoms with E-state index in [0.29, 0.717) is 11.5 Å². The van der Waals surface area contributed by atoms with Crippen molar-refractivity contribution in [3.63, 3.8) is 0 Å².